The number of rotatable bonds is 1. The van der Waals surface area contributed by atoms with Crippen LogP contribution in [-0.2, 0) is 11.8 Å². The van der Waals surface area contributed by atoms with Crippen molar-refractivity contribution < 1.29 is 0 Å². The molecule has 0 radical (unpaired) electrons. The van der Waals surface area contributed by atoms with Gasteiger partial charge in [-0.1, -0.05) is 93.6 Å². The van der Waals surface area contributed by atoms with Crippen LogP contribution in [0.15, 0.2) is 78.9 Å². The van der Waals surface area contributed by atoms with Crippen molar-refractivity contribution in [2.24, 2.45) is 0 Å². The molecule has 0 N–H and O–H groups in total. The Labute approximate surface area is 178 Å². The van der Waals surface area contributed by atoms with Crippen LogP contribution in [0.4, 0.5) is 0 Å². The molecule has 0 saturated carbocycles. The van der Waals surface area contributed by atoms with E-state index in [4.69, 9.17) is 0 Å². The summed E-state index contributed by atoms with van der Waals surface area (Å²) in [7, 11) is 0. The molecule has 0 saturated heterocycles. The van der Waals surface area contributed by atoms with Crippen LogP contribution in [0.25, 0.3) is 32.7 Å². The van der Waals surface area contributed by atoms with Crippen molar-refractivity contribution in [3.8, 4) is 0 Å². The van der Waals surface area contributed by atoms with E-state index in [0.29, 0.717) is 0 Å². The van der Waals surface area contributed by atoms with Gasteiger partial charge in [0.25, 0.3) is 0 Å². The second-order valence-corrected chi connectivity index (χ2v) is 9.79. The van der Waals surface area contributed by atoms with Gasteiger partial charge in [-0.3, -0.25) is 0 Å². The topological polar surface area (TPSA) is 0 Å². The van der Waals surface area contributed by atoms with Crippen LogP contribution in [0.2, 0.25) is 0 Å². The fourth-order valence-corrected chi connectivity index (χ4v) is 5.18. The fraction of sp³-hybridized carbons (Fsp3) is 0.200. The molecule has 0 aromatic heterocycles. The smallest absolute Gasteiger partial charge is 0.00642 e. The van der Waals surface area contributed by atoms with Crippen LogP contribution in [0, 0.1) is 0 Å². The molecule has 0 unspecified atom stereocenters. The first-order chi connectivity index (χ1) is 14.5. The van der Waals surface area contributed by atoms with E-state index in [1.54, 1.807) is 0 Å². The molecule has 0 aliphatic heterocycles. The molecule has 0 heteroatoms. The summed E-state index contributed by atoms with van der Waals surface area (Å²) in [6, 6.07) is 25.3. The molecule has 0 amide bonds. The number of allylic oxidation sites excluding steroid dienone is 3. The number of hydrogen-bond donors (Lipinski definition) is 0. The molecule has 2 aliphatic rings. The summed E-state index contributed by atoms with van der Waals surface area (Å²) < 4.78 is 0. The van der Waals surface area contributed by atoms with Gasteiger partial charge in [0.2, 0.25) is 0 Å². The summed E-state index contributed by atoms with van der Waals surface area (Å²) in [6.07, 6.45) is 6.94. The van der Waals surface area contributed by atoms with Gasteiger partial charge >= 0.3 is 0 Å². The predicted molar refractivity (Wildman–Crippen MR) is 130 cm³/mol. The quantitative estimate of drug-likeness (QED) is 0.310. The lowest BCUT2D eigenvalue weighted by atomic mass is 9.77. The summed E-state index contributed by atoms with van der Waals surface area (Å²) >= 11 is 0. The van der Waals surface area contributed by atoms with Crippen LogP contribution in [-0.4, -0.2) is 0 Å². The molecule has 4 aromatic carbocycles. The Morgan fingerprint density at radius 3 is 2.37 bits per heavy atom. The second kappa shape index (κ2) is 6.19. The first-order valence-electron chi connectivity index (χ1n) is 11.0. The van der Waals surface area contributed by atoms with Crippen LogP contribution < -0.4 is 0 Å². The third kappa shape index (κ3) is 2.60. The maximum atomic E-state index is 2.43. The normalized spacial score (nSPS) is 15.3. The molecule has 4 aromatic rings. The van der Waals surface area contributed by atoms with Gasteiger partial charge in [-0.05, 0) is 84.8 Å². The first-order valence-corrected chi connectivity index (χ1v) is 11.0. The Hall–Kier alpha value is -3.12. The second-order valence-electron chi connectivity index (χ2n) is 9.79. The largest absolute Gasteiger partial charge is 0.0759 e. The highest BCUT2D eigenvalue weighted by Gasteiger charge is 2.24. The summed E-state index contributed by atoms with van der Waals surface area (Å²) in [5.41, 5.74) is 10.1. The van der Waals surface area contributed by atoms with Crippen molar-refractivity contribution in [3.05, 3.63) is 107 Å². The van der Waals surface area contributed by atoms with E-state index >= 15 is 0 Å². The van der Waals surface area contributed by atoms with Gasteiger partial charge in [0.1, 0.15) is 0 Å². The van der Waals surface area contributed by atoms with Crippen LogP contribution in [0.1, 0.15) is 55.0 Å². The summed E-state index contributed by atoms with van der Waals surface area (Å²) in [6.45, 7) is 6.83. The average Bonchev–Trinajstić information content (AvgIpc) is 2.76. The highest BCUT2D eigenvalue weighted by Crippen LogP contribution is 2.44. The molecule has 30 heavy (non-hydrogen) atoms. The van der Waals surface area contributed by atoms with Crippen LogP contribution in [0.5, 0.6) is 0 Å². The van der Waals surface area contributed by atoms with E-state index in [1.807, 2.05) is 0 Å². The Morgan fingerprint density at radius 1 is 0.700 bits per heavy atom. The van der Waals surface area contributed by atoms with Crippen molar-refractivity contribution in [3.63, 3.8) is 0 Å². The van der Waals surface area contributed by atoms with Crippen LogP contribution >= 0.6 is 0 Å². The van der Waals surface area contributed by atoms with Gasteiger partial charge in [0.05, 0.1) is 0 Å². The van der Waals surface area contributed by atoms with Gasteiger partial charge in [0.15, 0.2) is 0 Å². The van der Waals surface area contributed by atoms with Crippen molar-refractivity contribution in [1.29, 1.82) is 0 Å². The lowest BCUT2D eigenvalue weighted by Gasteiger charge is -2.27. The van der Waals surface area contributed by atoms with E-state index in [0.717, 1.165) is 12.8 Å². The summed E-state index contributed by atoms with van der Waals surface area (Å²) in [5, 5.41) is 5.48. The van der Waals surface area contributed by atoms with Crippen molar-refractivity contribution in [2.45, 2.75) is 39.0 Å². The zero-order valence-electron chi connectivity index (χ0n) is 17.9. The average molecular weight is 387 g/mol. The monoisotopic (exact) mass is 386 g/mol. The van der Waals surface area contributed by atoms with E-state index in [-0.39, 0.29) is 5.41 Å². The van der Waals surface area contributed by atoms with Crippen molar-refractivity contribution >= 4 is 32.7 Å². The minimum Gasteiger partial charge on any atom is -0.0759 e. The minimum atomic E-state index is 0.174. The molecule has 2 aliphatic carbocycles. The highest BCUT2D eigenvalue weighted by atomic mass is 14.3. The van der Waals surface area contributed by atoms with Gasteiger partial charge in [-0.2, -0.15) is 0 Å². The van der Waals surface area contributed by atoms with E-state index < -0.39 is 0 Å². The highest BCUT2D eigenvalue weighted by molar-refractivity contribution is 6.06. The number of fused-ring (bicyclic) bond motifs is 1. The maximum Gasteiger partial charge on any atom is -0.00642 e. The fourth-order valence-electron chi connectivity index (χ4n) is 5.18. The Morgan fingerprint density at radius 2 is 1.50 bits per heavy atom. The number of benzene rings is 4. The Kier molecular flexibility index (Phi) is 3.65. The zero-order chi connectivity index (χ0) is 20.5. The van der Waals surface area contributed by atoms with E-state index in [9.17, 15) is 0 Å². The molecule has 6 rings (SSSR count). The Balaban J connectivity index is 1.52. The van der Waals surface area contributed by atoms with E-state index in [2.05, 4.69) is 99.7 Å². The molecular formula is C30H26. The number of hydrogen-bond acceptors (Lipinski definition) is 0. The molecule has 0 heterocycles. The lowest BCUT2D eigenvalue weighted by Crippen LogP contribution is -2.10. The van der Waals surface area contributed by atoms with Gasteiger partial charge in [-0.25, -0.2) is 0 Å². The molecule has 146 valence electrons. The summed E-state index contributed by atoms with van der Waals surface area (Å²) in [4.78, 5) is 0. The third-order valence-corrected chi connectivity index (χ3v) is 6.85. The van der Waals surface area contributed by atoms with Crippen molar-refractivity contribution in [2.75, 3.05) is 0 Å². The molecule has 0 spiro atoms. The van der Waals surface area contributed by atoms with Crippen LogP contribution in [0.3, 0.4) is 0 Å². The molecule has 0 bridgehead atoms. The predicted octanol–water partition coefficient (Wildman–Crippen LogP) is 8.07. The summed E-state index contributed by atoms with van der Waals surface area (Å²) in [5.74, 6) is 0. The molecular weight excluding hydrogens is 360 g/mol. The van der Waals surface area contributed by atoms with Gasteiger partial charge in [0, 0.05) is 0 Å². The zero-order valence-corrected chi connectivity index (χ0v) is 17.9. The van der Waals surface area contributed by atoms with Crippen molar-refractivity contribution in [1.82, 2.24) is 0 Å². The molecule has 0 atom stereocenters. The minimum absolute atomic E-state index is 0.174. The Bertz CT molecular complexity index is 1400. The van der Waals surface area contributed by atoms with Gasteiger partial charge in [-0.15, -0.1) is 0 Å². The molecule has 0 nitrogen and oxygen atoms in total. The van der Waals surface area contributed by atoms with Gasteiger partial charge < -0.3 is 0 Å². The molecule has 0 fully saturated rings. The van der Waals surface area contributed by atoms with E-state index in [1.165, 1.54) is 60.5 Å². The SMILES string of the molecule is CC(C)(C)c1ccc2cc(C3=CCC4=CCc5cccc6ccc3c4c56)ccc2c1. The maximum absolute atomic E-state index is 2.43. The third-order valence-electron chi connectivity index (χ3n) is 6.85. The standard InChI is InChI=1S/C30H26/c1-30(2,3)25-14-11-22-17-24(10-9-23(22)18-25)26-15-12-21-8-7-19-5-4-6-20-13-16-27(26)29(21)28(19)20/h4-6,8-11,13-18H,7,12H2,1-3H3. The first kappa shape index (κ1) is 17.7. The lowest BCUT2D eigenvalue weighted by molar-refractivity contribution is 0.591.